The molecule has 6 heteroatoms. The van der Waals surface area contributed by atoms with Gasteiger partial charge in [0.1, 0.15) is 0 Å². The topological polar surface area (TPSA) is 64.4 Å². The molecule has 0 aliphatic heterocycles. The molecule has 1 N–H and O–H groups in total. The van der Waals surface area contributed by atoms with E-state index in [9.17, 15) is 10.1 Å². The van der Waals surface area contributed by atoms with Crippen LogP contribution in [0.25, 0.3) is 0 Å². The van der Waals surface area contributed by atoms with Gasteiger partial charge in [-0.3, -0.25) is 10.1 Å². The molecule has 1 aromatic carbocycles. The summed E-state index contributed by atoms with van der Waals surface area (Å²) in [4.78, 5) is 10.2. The van der Waals surface area contributed by atoms with Crippen molar-refractivity contribution in [2.75, 3.05) is 11.9 Å². The Bertz CT molecular complexity index is 519. The van der Waals surface area contributed by atoms with Gasteiger partial charge in [-0.2, -0.15) is 0 Å². The Kier molecular flexibility index (Phi) is 4.20. The lowest BCUT2D eigenvalue weighted by Gasteiger charge is -2.52. The summed E-state index contributed by atoms with van der Waals surface area (Å²) in [5.74, 6) is 0. The Morgan fingerprint density at radius 2 is 2.25 bits per heavy atom. The normalized spacial score (nSPS) is 24.0. The van der Waals surface area contributed by atoms with Crippen molar-refractivity contribution in [3.63, 3.8) is 0 Å². The van der Waals surface area contributed by atoms with E-state index in [-0.39, 0.29) is 23.2 Å². The van der Waals surface area contributed by atoms with Crippen molar-refractivity contribution in [1.29, 1.82) is 0 Å². The molecule has 0 spiro atoms. The standard InChI is InChI=1S/C14H19ClN2O3/c1-4-20-13-8-12(14(13,2)3)16-11-6-5-9(17(18)19)7-10(11)15/h5-7,12-13,16H,4,8H2,1-3H3. The second-order valence-corrected chi connectivity index (χ2v) is 6.03. The third kappa shape index (κ3) is 2.74. The molecule has 0 bridgehead atoms. The van der Waals surface area contributed by atoms with Crippen LogP contribution in [0.3, 0.4) is 0 Å². The summed E-state index contributed by atoms with van der Waals surface area (Å²) in [5, 5.41) is 14.4. The van der Waals surface area contributed by atoms with E-state index in [4.69, 9.17) is 16.3 Å². The van der Waals surface area contributed by atoms with Crippen molar-refractivity contribution in [2.24, 2.45) is 5.41 Å². The van der Waals surface area contributed by atoms with Gasteiger partial charge >= 0.3 is 0 Å². The molecular formula is C14H19ClN2O3. The van der Waals surface area contributed by atoms with E-state index < -0.39 is 4.92 Å². The molecule has 0 radical (unpaired) electrons. The van der Waals surface area contributed by atoms with Gasteiger partial charge in [0.15, 0.2) is 0 Å². The maximum Gasteiger partial charge on any atom is 0.271 e. The van der Waals surface area contributed by atoms with E-state index in [0.717, 1.165) is 12.1 Å². The average Bonchev–Trinajstić information content (AvgIpc) is 2.39. The van der Waals surface area contributed by atoms with Gasteiger partial charge < -0.3 is 10.1 Å². The molecule has 1 aliphatic carbocycles. The SMILES string of the molecule is CCOC1CC(Nc2ccc([N+](=O)[O-])cc2Cl)C1(C)C. The zero-order valence-electron chi connectivity index (χ0n) is 11.9. The van der Waals surface area contributed by atoms with Crippen molar-refractivity contribution in [2.45, 2.75) is 39.3 Å². The summed E-state index contributed by atoms with van der Waals surface area (Å²) in [6.07, 6.45) is 1.15. The van der Waals surface area contributed by atoms with Gasteiger partial charge in [0.05, 0.1) is 21.7 Å². The molecule has 110 valence electrons. The lowest BCUT2D eigenvalue weighted by atomic mass is 9.64. The van der Waals surface area contributed by atoms with Crippen LogP contribution in [0.1, 0.15) is 27.2 Å². The number of non-ortho nitro benzene ring substituents is 1. The predicted molar refractivity (Wildman–Crippen MR) is 79.3 cm³/mol. The number of hydrogen-bond donors (Lipinski definition) is 1. The number of nitrogens with one attached hydrogen (secondary N) is 1. The predicted octanol–water partition coefficient (Wildman–Crippen LogP) is 3.86. The third-order valence-corrected chi connectivity index (χ3v) is 4.35. The minimum absolute atomic E-state index is 0.000567. The van der Waals surface area contributed by atoms with Gasteiger partial charge in [-0.05, 0) is 19.4 Å². The summed E-state index contributed by atoms with van der Waals surface area (Å²) in [7, 11) is 0. The first-order valence-electron chi connectivity index (χ1n) is 6.68. The summed E-state index contributed by atoms with van der Waals surface area (Å²) >= 11 is 6.09. The van der Waals surface area contributed by atoms with E-state index in [1.54, 1.807) is 6.07 Å². The fraction of sp³-hybridized carbons (Fsp3) is 0.571. The molecule has 20 heavy (non-hydrogen) atoms. The molecule has 1 saturated carbocycles. The zero-order chi connectivity index (χ0) is 14.9. The van der Waals surface area contributed by atoms with E-state index >= 15 is 0 Å². The minimum atomic E-state index is -0.450. The van der Waals surface area contributed by atoms with Crippen LogP contribution in [-0.4, -0.2) is 23.7 Å². The van der Waals surface area contributed by atoms with Crippen molar-refractivity contribution < 1.29 is 9.66 Å². The number of rotatable bonds is 5. The van der Waals surface area contributed by atoms with E-state index in [1.807, 2.05) is 6.92 Å². The lowest BCUT2D eigenvalue weighted by molar-refractivity contribution is -0.384. The van der Waals surface area contributed by atoms with Crippen LogP contribution in [0.2, 0.25) is 5.02 Å². The van der Waals surface area contributed by atoms with Crippen LogP contribution < -0.4 is 5.32 Å². The molecule has 5 nitrogen and oxygen atoms in total. The van der Waals surface area contributed by atoms with E-state index in [0.29, 0.717) is 11.6 Å². The second-order valence-electron chi connectivity index (χ2n) is 5.62. The highest BCUT2D eigenvalue weighted by Crippen LogP contribution is 2.45. The van der Waals surface area contributed by atoms with Crippen LogP contribution in [0.15, 0.2) is 18.2 Å². The number of benzene rings is 1. The Hall–Kier alpha value is -1.33. The van der Waals surface area contributed by atoms with Crippen LogP contribution >= 0.6 is 11.6 Å². The summed E-state index contributed by atoms with van der Waals surface area (Å²) in [5.41, 5.74) is 0.743. The number of nitro benzene ring substituents is 1. The maximum absolute atomic E-state index is 10.7. The molecule has 1 aromatic rings. The fourth-order valence-corrected chi connectivity index (χ4v) is 2.77. The molecule has 2 atom stereocenters. The van der Waals surface area contributed by atoms with Crippen molar-refractivity contribution in [3.8, 4) is 0 Å². The molecule has 0 amide bonds. The fourth-order valence-electron chi connectivity index (χ4n) is 2.54. The van der Waals surface area contributed by atoms with Crippen LogP contribution in [0.4, 0.5) is 11.4 Å². The molecule has 2 rings (SSSR count). The van der Waals surface area contributed by atoms with Gasteiger partial charge in [0, 0.05) is 30.2 Å². The van der Waals surface area contributed by atoms with Gasteiger partial charge in [0.2, 0.25) is 0 Å². The lowest BCUT2D eigenvalue weighted by Crippen LogP contribution is -2.58. The van der Waals surface area contributed by atoms with Gasteiger partial charge in [0.25, 0.3) is 5.69 Å². The quantitative estimate of drug-likeness (QED) is 0.662. The smallest absolute Gasteiger partial charge is 0.271 e. The van der Waals surface area contributed by atoms with Crippen LogP contribution in [0.5, 0.6) is 0 Å². The highest BCUT2D eigenvalue weighted by molar-refractivity contribution is 6.33. The largest absolute Gasteiger partial charge is 0.380 e. The Labute approximate surface area is 123 Å². The molecule has 1 aliphatic rings. The minimum Gasteiger partial charge on any atom is -0.380 e. The molecule has 0 aromatic heterocycles. The van der Waals surface area contributed by atoms with E-state index in [2.05, 4.69) is 19.2 Å². The van der Waals surface area contributed by atoms with Crippen LogP contribution in [0, 0.1) is 15.5 Å². The van der Waals surface area contributed by atoms with Gasteiger partial charge in [-0.15, -0.1) is 0 Å². The first-order valence-corrected chi connectivity index (χ1v) is 7.06. The number of halogens is 1. The Balaban J connectivity index is 2.07. The Morgan fingerprint density at radius 1 is 1.55 bits per heavy atom. The second kappa shape index (κ2) is 5.58. The van der Waals surface area contributed by atoms with Crippen molar-refractivity contribution in [3.05, 3.63) is 33.3 Å². The number of nitrogens with zero attached hydrogens (tertiary/aromatic N) is 1. The highest BCUT2D eigenvalue weighted by atomic mass is 35.5. The maximum atomic E-state index is 10.7. The molecule has 0 saturated heterocycles. The van der Waals surface area contributed by atoms with Gasteiger partial charge in [-0.1, -0.05) is 25.4 Å². The summed E-state index contributed by atoms with van der Waals surface area (Å²) in [6, 6.07) is 4.73. The zero-order valence-corrected chi connectivity index (χ0v) is 12.6. The number of nitro groups is 1. The van der Waals surface area contributed by atoms with E-state index in [1.165, 1.54) is 12.1 Å². The third-order valence-electron chi connectivity index (χ3n) is 4.04. The summed E-state index contributed by atoms with van der Waals surface area (Å²) in [6.45, 7) is 6.99. The van der Waals surface area contributed by atoms with Crippen molar-refractivity contribution >= 4 is 23.0 Å². The molecule has 2 unspecified atom stereocenters. The number of anilines is 1. The van der Waals surface area contributed by atoms with Crippen LogP contribution in [-0.2, 0) is 4.74 Å². The number of ether oxygens (including phenoxy) is 1. The van der Waals surface area contributed by atoms with Gasteiger partial charge in [-0.25, -0.2) is 0 Å². The molecule has 1 fully saturated rings. The first-order chi connectivity index (χ1) is 9.36. The van der Waals surface area contributed by atoms with Crippen molar-refractivity contribution in [1.82, 2.24) is 0 Å². The first kappa shape index (κ1) is 15.1. The number of hydrogen-bond acceptors (Lipinski definition) is 4. The molecule has 0 heterocycles. The monoisotopic (exact) mass is 298 g/mol. The average molecular weight is 299 g/mol. The molecular weight excluding hydrogens is 280 g/mol. The summed E-state index contributed by atoms with van der Waals surface area (Å²) < 4.78 is 5.68. The highest BCUT2D eigenvalue weighted by Gasteiger charge is 2.49. The Morgan fingerprint density at radius 3 is 2.75 bits per heavy atom.